The van der Waals surface area contributed by atoms with E-state index in [4.69, 9.17) is 5.11 Å². The Bertz CT molecular complexity index is 467. The van der Waals surface area contributed by atoms with E-state index >= 15 is 0 Å². The largest absolute Gasteiger partial charge is 0.481 e. The van der Waals surface area contributed by atoms with E-state index < -0.39 is 5.97 Å². The summed E-state index contributed by atoms with van der Waals surface area (Å²) in [6.45, 7) is 0. The Morgan fingerprint density at radius 1 is 1.47 bits per heavy atom. The first-order chi connectivity index (χ1) is 7.25. The molecule has 0 aromatic carbocycles. The van der Waals surface area contributed by atoms with Crippen molar-refractivity contribution in [3.05, 3.63) is 30.2 Å². The Hall–Kier alpha value is -2.31. The zero-order valence-electron chi connectivity index (χ0n) is 7.61. The quantitative estimate of drug-likeness (QED) is 0.738. The number of nitrogens with zero attached hydrogens (tertiary/aromatic N) is 5. The van der Waals surface area contributed by atoms with E-state index in [1.807, 2.05) is 0 Å². The third kappa shape index (κ3) is 2.13. The molecule has 0 saturated heterocycles. The molecule has 7 nitrogen and oxygen atoms in total. The standard InChI is InChI=1S/C8H7N5O2/c14-8(15)5-6-10-12-13(11-6)7-3-1-2-4-9-7/h1-4H,5H2,(H,14,15). The first-order valence-electron chi connectivity index (χ1n) is 4.18. The molecule has 2 aromatic heterocycles. The zero-order valence-corrected chi connectivity index (χ0v) is 7.61. The maximum Gasteiger partial charge on any atom is 0.311 e. The molecule has 2 rings (SSSR count). The highest BCUT2D eigenvalue weighted by molar-refractivity contribution is 5.68. The van der Waals surface area contributed by atoms with Crippen LogP contribution in [0.25, 0.3) is 5.82 Å². The minimum absolute atomic E-state index is 0.160. The predicted molar refractivity (Wildman–Crippen MR) is 48.3 cm³/mol. The van der Waals surface area contributed by atoms with Crippen LogP contribution in [0.15, 0.2) is 24.4 Å². The van der Waals surface area contributed by atoms with Gasteiger partial charge in [-0.2, -0.15) is 0 Å². The summed E-state index contributed by atoms with van der Waals surface area (Å²) < 4.78 is 0. The molecule has 0 aliphatic rings. The van der Waals surface area contributed by atoms with Gasteiger partial charge in [0, 0.05) is 6.20 Å². The lowest BCUT2D eigenvalue weighted by Crippen LogP contribution is -2.04. The molecule has 0 spiro atoms. The SMILES string of the molecule is O=C(O)Cc1nnn(-c2ccccn2)n1. The summed E-state index contributed by atoms with van der Waals surface area (Å²) in [6, 6.07) is 5.24. The van der Waals surface area contributed by atoms with E-state index in [1.54, 1.807) is 24.4 Å². The molecule has 7 heteroatoms. The molecular formula is C8H7N5O2. The van der Waals surface area contributed by atoms with Crippen molar-refractivity contribution >= 4 is 5.97 Å². The lowest BCUT2D eigenvalue weighted by molar-refractivity contribution is -0.136. The number of pyridine rings is 1. The molecule has 0 fully saturated rings. The molecular weight excluding hydrogens is 198 g/mol. The van der Waals surface area contributed by atoms with Crippen molar-refractivity contribution in [2.45, 2.75) is 6.42 Å². The summed E-state index contributed by atoms with van der Waals surface area (Å²) in [5.41, 5.74) is 0. The van der Waals surface area contributed by atoms with Crippen molar-refractivity contribution in [1.29, 1.82) is 0 Å². The molecule has 0 radical (unpaired) electrons. The molecule has 0 saturated carbocycles. The third-order valence-corrected chi connectivity index (χ3v) is 1.62. The Morgan fingerprint density at radius 2 is 2.33 bits per heavy atom. The van der Waals surface area contributed by atoms with Gasteiger partial charge in [0.15, 0.2) is 11.6 Å². The Labute approximate surface area is 84.4 Å². The predicted octanol–water partition coefficient (Wildman–Crippen LogP) is -0.316. The number of aliphatic carboxylic acids is 1. The molecule has 0 aliphatic heterocycles. The molecule has 76 valence electrons. The van der Waals surface area contributed by atoms with Gasteiger partial charge < -0.3 is 5.11 Å². The van der Waals surface area contributed by atoms with Crippen molar-refractivity contribution in [2.24, 2.45) is 0 Å². The fourth-order valence-corrected chi connectivity index (χ4v) is 1.02. The smallest absolute Gasteiger partial charge is 0.311 e. The molecule has 15 heavy (non-hydrogen) atoms. The second-order valence-corrected chi connectivity index (χ2v) is 2.75. The fraction of sp³-hybridized carbons (Fsp3) is 0.125. The topological polar surface area (TPSA) is 93.8 Å². The molecule has 0 amide bonds. The van der Waals surface area contributed by atoms with Gasteiger partial charge in [0.2, 0.25) is 0 Å². The first-order valence-corrected chi connectivity index (χ1v) is 4.18. The highest BCUT2D eigenvalue weighted by Crippen LogP contribution is 1.98. The number of hydrogen-bond donors (Lipinski definition) is 1. The van der Waals surface area contributed by atoms with Gasteiger partial charge in [0.1, 0.15) is 6.42 Å². The van der Waals surface area contributed by atoms with Crippen LogP contribution in [0.4, 0.5) is 0 Å². The molecule has 2 aromatic rings. The van der Waals surface area contributed by atoms with E-state index in [9.17, 15) is 4.79 Å². The number of carbonyl (C=O) groups is 1. The van der Waals surface area contributed by atoms with Crippen LogP contribution in [0.1, 0.15) is 5.82 Å². The monoisotopic (exact) mass is 205 g/mol. The molecule has 0 bridgehead atoms. The van der Waals surface area contributed by atoms with Gasteiger partial charge in [-0.1, -0.05) is 6.07 Å². The Morgan fingerprint density at radius 3 is 3.00 bits per heavy atom. The van der Waals surface area contributed by atoms with E-state index in [-0.39, 0.29) is 12.2 Å². The molecule has 0 aliphatic carbocycles. The van der Waals surface area contributed by atoms with Crippen LogP contribution in [-0.4, -0.2) is 36.3 Å². The van der Waals surface area contributed by atoms with Gasteiger partial charge in [-0.25, -0.2) is 4.98 Å². The van der Waals surface area contributed by atoms with E-state index in [0.29, 0.717) is 5.82 Å². The summed E-state index contributed by atoms with van der Waals surface area (Å²) in [6.07, 6.45) is 1.35. The van der Waals surface area contributed by atoms with Gasteiger partial charge in [-0.05, 0) is 17.3 Å². The van der Waals surface area contributed by atoms with Gasteiger partial charge in [-0.3, -0.25) is 4.79 Å². The highest BCUT2D eigenvalue weighted by atomic mass is 16.4. The lowest BCUT2D eigenvalue weighted by atomic mass is 10.4. The van der Waals surface area contributed by atoms with Crippen LogP contribution in [0.5, 0.6) is 0 Å². The van der Waals surface area contributed by atoms with Crippen molar-refractivity contribution in [2.75, 3.05) is 0 Å². The molecule has 0 unspecified atom stereocenters. The second kappa shape index (κ2) is 3.82. The fourth-order valence-electron chi connectivity index (χ4n) is 1.02. The first kappa shape index (κ1) is 9.25. The van der Waals surface area contributed by atoms with Gasteiger partial charge in [0.25, 0.3) is 0 Å². The maximum atomic E-state index is 10.4. The van der Waals surface area contributed by atoms with Crippen LogP contribution in [0.2, 0.25) is 0 Å². The summed E-state index contributed by atoms with van der Waals surface area (Å²) in [5, 5.41) is 19.7. The van der Waals surface area contributed by atoms with Gasteiger partial charge in [-0.15, -0.1) is 15.0 Å². The number of rotatable bonds is 3. The van der Waals surface area contributed by atoms with Crippen molar-refractivity contribution in [3.8, 4) is 5.82 Å². The average molecular weight is 205 g/mol. The van der Waals surface area contributed by atoms with E-state index in [0.717, 1.165) is 0 Å². The van der Waals surface area contributed by atoms with Crippen LogP contribution in [-0.2, 0) is 11.2 Å². The van der Waals surface area contributed by atoms with Crippen LogP contribution in [0, 0.1) is 0 Å². The van der Waals surface area contributed by atoms with Gasteiger partial charge in [0.05, 0.1) is 0 Å². The van der Waals surface area contributed by atoms with Crippen LogP contribution >= 0.6 is 0 Å². The molecule has 2 heterocycles. The third-order valence-electron chi connectivity index (χ3n) is 1.62. The van der Waals surface area contributed by atoms with Crippen LogP contribution < -0.4 is 0 Å². The summed E-state index contributed by atoms with van der Waals surface area (Å²) >= 11 is 0. The van der Waals surface area contributed by atoms with Crippen molar-refractivity contribution < 1.29 is 9.90 Å². The second-order valence-electron chi connectivity index (χ2n) is 2.75. The number of carboxylic acid groups (broad SMARTS) is 1. The van der Waals surface area contributed by atoms with Crippen molar-refractivity contribution in [1.82, 2.24) is 25.2 Å². The number of tetrazole rings is 1. The molecule has 0 atom stereocenters. The summed E-state index contributed by atoms with van der Waals surface area (Å²) in [4.78, 5) is 15.6. The zero-order chi connectivity index (χ0) is 10.7. The van der Waals surface area contributed by atoms with E-state index in [2.05, 4.69) is 20.4 Å². The average Bonchev–Trinajstić information content (AvgIpc) is 2.67. The van der Waals surface area contributed by atoms with Crippen LogP contribution in [0.3, 0.4) is 0 Å². The van der Waals surface area contributed by atoms with Gasteiger partial charge >= 0.3 is 5.97 Å². The molecule has 1 N–H and O–H groups in total. The minimum Gasteiger partial charge on any atom is -0.481 e. The maximum absolute atomic E-state index is 10.4. The highest BCUT2D eigenvalue weighted by Gasteiger charge is 2.08. The normalized spacial score (nSPS) is 10.1. The van der Waals surface area contributed by atoms with E-state index in [1.165, 1.54) is 4.80 Å². The number of carboxylic acids is 1. The summed E-state index contributed by atoms with van der Waals surface area (Å²) in [5.74, 6) is -0.328. The number of hydrogen-bond acceptors (Lipinski definition) is 5. The minimum atomic E-state index is -0.990. The number of aromatic nitrogens is 5. The Kier molecular flexibility index (Phi) is 2.36. The Balaban J connectivity index is 2.24. The summed E-state index contributed by atoms with van der Waals surface area (Å²) in [7, 11) is 0. The van der Waals surface area contributed by atoms with Crippen molar-refractivity contribution in [3.63, 3.8) is 0 Å². The lowest BCUT2D eigenvalue weighted by Gasteiger charge is -1.93.